The zero-order valence-corrected chi connectivity index (χ0v) is 14.9. The smallest absolute Gasteiger partial charge is 0.257 e. The van der Waals surface area contributed by atoms with Crippen LogP contribution in [0.15, 0.2) is 0 Å². The number of likely N-dealkylation sites (tertiary alicyclic amines) is 1. The molecule has 0 atom stereocenters. The van der Waals surface area contributed by atoms with Crippen LogP contribution in [0.25, 0.3) is 0 Å². The van der Waals surface area contributed by atoms with E-state index in [9.17, 15) is 14.4 Å². The number of nitrogens with one attached hydrogen (secondary N) is 2. The molecule has 4 bridgehead atoms. The molecule has 0 unspecified atom stereocenters. The molecule has 4 aliphatic carbocycles. The lowest BCUT2D eigenvalue weighted by Gasteiger charge is -2.56. The molecule has 0 aromatic carbocycles. The topological polar surface area (TPSA) is 78.5 Å². The molecule has 0 radical (unpaired) electrons. The SMILES string of the molecule is O=C(CN1CCCCC1=O)NNC(=O)CC12CC3CC(CC(C3)C1)C2. The van der Waals surface area contributed by atoms with Crippen molar-refractivity contribution in [3.8, 4) is 0 Å². The molecule has 1 heterocycles. The van der Waals surface area contributed by atoms with Crippen LogP contribution < -0.4 is 10.9 Å². The van der Waals surface area contributed by atoms with Gasteiger partial charge >= 0.3 is 0 Å². The highest BCUT2D eigenvalue weighted by molar-refractivity contribution is 5.87. The number of nitrogens with zero attached hydrogens (tertiary/aromatic N) is 1. The highest BCUT2D eigenvalue weighted by Gasteiger charge is 2.51. The maximum absolute atomic E-state index is 12.4. The molecule has 25 heavy (non-hydrogen) atoms. The van der Waals surface area contributed by atoms with Crippen molar-refractivity contribution >= 4 is 17.7 Å². The zero-order chi connectivity index (χ0) is 17.4. The third-order valence-corrected chi connectivity index (χ3v) is 6.80. The molecule has 0 spiro atoms. The number of hydrogen-bond donors (Lipinski definition) is 2. The van der Waals surface area contributed by atoms with E-state index >= 15 is 0 Å². The van der Waals surface area contributed by atoms with Crippen molar-refractivity contribution in [1.82, 2.24) is 15.8 Å². The maximum atomic E-state index is 12.4. The first-order valence-corrected chi connectivity index (χ1v) is 9.87. The van der Waals surface area contributed by atoms with Crippen molar-refractivity contribution in [3.05, 3.63) is 0 Å². The highest BCUT2D eigenvalue weighted by Crippen LogP contribution is 2.61. The fourth-order valence-electron chi connectivity index (χ4n) is 6.27. The lowest BCUT2D eigenvalue weighted by molar-refractivity contribution is -0.139. The van der Waals surface area contributed by atoms with E-state index in [1.165, 1.54) is 38.5 Å². The van der Waals surface area contributed by atoms with Gasteiger partial charge in [-0.15, -0.1) is 0 Å². The van der Waals surface area contributed by atoms with Gasteiger partial charge < -0.3 is 4.90 Å². The molecule has 3 amide bonds. The molecule has 2 N–H and O–H groups in total. The van der Waals surface area contributed by atoms with Crippen LogP contribution in [0.2, 0.25) is 0 Å². The zero-order valence-electron chi connectivity index (χ0n) is 14.9. The Bertz CT molecular complexity index is 539. The second-order valence-electron chi connectivity index (χ2n) is 8.96. The van der Waals surface area contributed by atoms with Crippen LogP contribution in [0.4, 0.5) is 0 Å². The first kappa shape index (κ1) is 16.9. The average Bonchev–Trinajstić information content (AvgIpc) is 2.53. The van der Waals surface area contributed by atoms with Crippen LogP contribution in [-0.2, 0) is 14.4 Å². The molecule has 0 aromatic heterocycles. The first-order chi connectivity index (χ1) is 12.0. The molecular formula is C19H29N3O3. The van der Waals surface area contributed by atoms with Gasteiger partial charge in [0.2, 0.25) is 11.8 Å². The quantitative estimate of drug-likeness (QED) is 0.761. The fourth-order valence-corrected chi connectivity index (χ4v) is 6.27. The molecule has 6 heteroatoms. The number of rotatable bonds is 4. The number of piperidine rings is 1. The van der Waals surface area contributed by atoms with Crippen LogP contribution in [-0.4, -0.2) is 35.7 Å². The predicted molar refractivity (Wildman–Crippen MR) is 91.9 cm³/mol. The van der Waals surface area contributed by atoms with Crippen molar-refractivity contribution in [2.45, 2.75) is 64.2 Å². The molecule has 1 aliphatic heterocycles. The Morgan fingerprint density at radius 2 is 1.56 bits per heavy atom. The number of hydrogen-bond acceptors (Lipinski definition) is 3. The molecule has 4 saturated carbocycles. The van der Waals surface area contributed by atoms with Gasteiger partial charge in [0, 0.05) is 19.4 Å². The number of amides is 3. The summed E-state index contributed by atoms with van der Waals surface area (Å²) < 4.78 is 0. The minimum absolute atomic E-state index is 0.0290. The number of carbonyl (C=O) groups is 3. The summed E-state index contributed by atoms with van der Waals surface area (Å²) >= 11 is 0. The largest absolute Gasteiger partial charge is 0.333 e. The van der Waals surface area contributed by atoms with Crippen molar-refractivity contribution in [1.29, 1.82) is 0 Å². The van der Waals surface area contributed by atoms with E-state index in [0.29, 0.717) is 19.4 Å². The van der Waals surface area contributed by atoms with E-state index in [-0.39, 0.29) is 29.7 Å². The molecule has 5 rings (SSSR count). The van der Waals surface area contributed by atoms with Gasteiger partial charge in [0.05, 0.1) is 0 Å². The summed E-state index contributed by atoms with van der Waals surface area (Å²) in [6.45, 7) is 0.671. The van der Waals surface area contributed by atoms with Crippen LogP contribution in [0.3, 0.4) is 0 Å². The van der Waals surface area contributed by atoms with Crippen LogP contribution in [0, 0.1) is 23.2 Å². The van der Waals surface area contributed by atoms with E-state index in [4.69, 9.17) is 0 Å². The Kier molecular flexibility index (Phi) is 4.46. The monoisotopic (exact) mass is 347 g/mol. The Balaban J connectivity index is 1.24. The molecule has 5 fully saturated rings. The van der Waals surface area contributed by atoms with E-state index in [1.807, 2.05) is 0 Å². The van der Waals surface area contributed by atoms with Gasteiger partial charge in [-0.2, -0.15) is 0 Å². The standard InChI is InChI=1S/C19H29N3O3/c23-16(20-21-17(24)12-22-4-2-1-3-18(22)25)11-19-8-13-5-14(9-19)7-15(6-13)10-19/h13-15H,1-12H2,(H,20,23)(H,21,24). The van der Waals surface area contributed by atoms with E-state index < -0.39 is 0 Å². The lowest BCUT2D eigenvalue weighted by atomic mass is 9.49. The summed E-state index contributed by atoms with van der Waals surface area (Å²) in [5.41, 5.74) is 5.26. The van der Waals surface area contributed by atoms with Gasteiger partial charge in [-0.3, -0.25) is 25.2 Å². The fraction of sp³-hybridized carbons (Fsp3) is 0.842. The summed E-state index contributed by atoms with van der Waals surface area (Å²) in [5, 5.41) is 0. The molecule has 6 nitrogen and oxygen atoms in total. The van der Waals surface area contributed by atoms with Crippen LogP contribution >= 0.6 is 0 Å². The third kappa shape index (κ3) is 3.67. The molecule has 0 aromatic rings. The Morgan fingerprint density at radius 1 is 0.960 bits per heavy atom. The summed E-state index contributed by atoms with van der Waals surface area (Å²) in [5.74, 6) is 2.09. The molecule has 138 valence electrons. The summed E-state index contributed by atoms with van der Waals surface area (Å²) in [6, 6.07) is 0. The van der Waals surface area contributed by atoms with Gasteiger partial charge in [-0.1, -0.05) is 0 Å². The Labute approximate surface area is 149 Å². The second kappa shape index (κ2) is 6.61. The lowest BCUT2D eigenvalue weighted by Crippen LogP contribution is -2.51. The van der Waals surface area contributed by atoms with E-state index in [1.54, 1.807) is 4.90 Å². The third-order valence-electron chi connectivity index (χ3n) is 6.80. The predicted octanol–water partition coefficient (Wildman–Crippen LogP) is 1.75. The van der Waals surface area contributed by atoms with Gasteiger partial charge in [0.25, 0.3) is 5.91 Å². The summed E-state index contributed by atoms with van der Waals surface area (Å²) in [7, 11) is 0. The van der Waals surface area contributed by atoms with E-state index in [2.05, 4.69) is 10.9 Å². The number of hydrazine groups is 1. The highest BCUT2D eigenvalue weighted by atomic mass is 16.2. The van der Waals surface area contributed by atoms with Crippen molar-refractivity contribution in [3.63, 3.8) is 0 Å². The van der Waals surface area contributed by atoms with Gasteiger partial charge in [-0.25, -0.2) is 0 Å². The van der Waals surface area contributed by atoms with Gasteiger partial charge in [0.1, 0.15) is 6.54 Å². The normalized spacial score (nSPS) is 36.4. The Hall–Kier alpha value is -1.59. The summed E-state index contributed by atoms with van der Waals surface area (Å²) in [6.07, 6.45) is 10.5. The minimum atomic E-state index is -0.311. The first-order valence-electron chi connectivity index (χ1n) is 9.87. The Morgan fingerprint density at radius 3 is 2.16 bits per heavy atom. The number of carbonyl (C=O) groups excluding carboxylic acids is 3. The second-order valence-corrected chi connectivity index (χ2v) is 8.96. The molecule has 1 saturated heterocycles. The van der Waals surface area contributed by atoms with Crippen LogP contribution in [0.1, 0.15) is 64.2 Å². The van der Waals surface area contributed by atoms with Crippen molar-refractivity contribution in [2.24, 2.45) is 23.2 Å². The van der Waals surface area contributed by atoms with Gasteiger partial charge in [0.15, 0.2) is 0 Å². The maximum Gasteiger partial charge on any atom is 0.257 e. The van der Waals surface area contributed by atoms with Crippen molar-refractivity contribution < 1.29 is 14.4 Å². The minimum Gasteiger partial charge on any atom is -0.333 e. The summed E-state index contributed by atoms with van der Waals surface area (Å²) in [4.78, 5) is 37.7. The van der Waals surface area contributed by atoms with E-state index in [0.717, 1.165) is 30.6 Å². The van der Waals surface area contributed by atoms with Crippen LogP contribution in [0.5, 0.6) is 0 Å². The average molecular weight is 347 g/mol. The van der Waals surface area contributed by atoms with Gasteiger partial charge in [-0.05, 0) is 74.5 Å². The van der Waals surface area contributed by atoms with Crippen molar-refractivity contribution in [2.75, 3.05) is 13.1 Å². The molecule has 5 aliphatic rings. The molecular weight excluding hydrogens is 318 g/mol.